The molecule has 9 heteroatoms. The molecule has 0 saturated heterocycles. The molecule has 1 aliphatic heterocycles. The molecule has 3 aromatic rings. The van der Waals surface area contributed by atoms with E-state index in [4.69, 9.17) is 26.1 Å². The number of carbonyl (C=O) groups is 2. The molecule has 0 radical (unpaired) electrons. The molecular weight excluding hydrogens is 494 g/mol. The molecule has 2 aromatic carbocycles. The monoisotopic (exact) mass is 525 g/mol. The van der Waals surface area contributed by atoms with Crippen molar-refractivity contribution in [3.05, 3.63) is 52.3 Å². The van der Waals surface area contributed by atoms with Gasteiger partial charge in [0.25, 0.3) is 0 Å². The SMILES string of the molecule is COC(=O)N1c2ccc3c(nc(Cc4cc(Cl)cc(OC)c4)n3[C@@H]3CCC[C@@H](C(=O)O)C3)c2CC[C@@H]1C. The van der Waals surface area contributed by atoms with E-state index in [0.717, 1.165) is 59.4 Å². The summed E-state index contributed by atoms with van der Waals surface area (Å²) in [5.74, 6) is 0.416. The molecule has 0 bridgehead atoms. The highest BCUT2D eigenvalue weighted by molar-refractivity contribution is 6.30. The number of amides is 1. The normalized spacial score (nSPS) is 21.5. The number of ether oxygens (including phenoxy) is 2. The minimum Gasteiger partial charge on any atom is -0.497 e. The lowest BCUT2D eigenvalue weighted by Gasteiger charge is -2.34. The van der Waals surface area contributed by atoms with Gasteiger partial charge in [0, 0.05) is 29.1 Å². The van der Waals surface area contributed by atoms with Crippen LogP contribution in [0.5, 0.6) is 5.75 Å². The van der Waals surface area contributed by atoms with E-state index in [0.29, 0.717) is 30.0 Å². The molecule has 196 valence electrons. The summed E-state index contributed by atoms with van der Waals surface area (Å²) in [6, 6.07) is 9.66. The quantitative estimate of drug-likeness (QED) is 0.438. The Balaban J connectivity index is 1.66. The molecule has 1 aromatic heterocycles. The van der Waals surface area contributed by atoms with E-state index in [1.54, 1.807) is 18.1 Å². The minimum atomic E-state index is -0.740. The highest BCUT2D eigenvalue weighted by Gasteiger charge is 2.34. The number of fused-ring (bicyclic) bond motifs is 3. The molecular formula is C28H32ClN3O5. The Kier molecular flexibility index (Phi) is 7.03. The van der Waals surface area contributed by atoms with Gasteiger partial charge in [-0.1, -0.05) is 18.0 Å². The van der Waals surface area contributed by atoms with Crippen LogP contribution in [0.25, 0.3) is 11.0 Å². The molecule has 2 heterocycles. The molecule has 1 N–H and O–H groups in total. The largest absolute Gasteiger partial charge is 0.497 e. The third-order valence-corrected chi connectivity index (χ3v) is 8.01. The number of carboxylic acids is 1. The Bertz CT molecular complexity index is 1350. The second-order valence-corrected chi connectivity index (χ2v) is 10.5. The number of methoxy groups -OCH3 is 2. The van der Waals surface area contributed by atoms with Crippen molar-refractivity contribution in [2.24, 2.45) is 5.92 Å². The number of carboxylic acid groups (broad SMARTS) is 1. The molecule has 1 fully saturated rings. The fraction of sp³-hybridized carbons (Fsp3) is 0.464. The van der Waals surface area contributed by atoms with Crippen molar-refractivity contribution in [1.82, 2.24) is 9.55 Å². The maximum absolute atomic E-state index is 12.6. The van der Waals surface area contributed by atoms with Crippen LogP contribution in [-0.4, -0.2) is 47.0 Å². The second kappa shape index (κ2) is 10.2. The van der Waals surface area contributed by atoms with Gasteiger partial charge in [-0.15, -0.1) is 0 Å². The lowest BCUT2D eigenvalue weighted by molar-refractivity contribution is -0.143. The summed E-state index contributed by atoms with van der Waals surface area (Å²) in [6.07, 6.45) is 4.75. The maximum Gasteiger partial charge on any atom is 0.414 e. The maximum atomic E-state index is 12.6. The third-order valence-electron chi connectivity index (χ3n) is 7.79. The topological polar surface area (TPSA) is 93.9 Å². The summed E-state index contributed by atoms with van der Waals surface area (Å²) in [5.41, 5.74) is 4.64. The molecule has 1 aliphatic carbocycles. The summed E-state index contributed by atoms with van der Waals surface area (Å²) in [7, 11) is 3.01. The highest BCUT2D eigenvalue weighted by atomic mass is 35.5. The van der Waals surface area contributed by atoms with Crippen LogP contribution in [0, 0.1) is 5.92 Å². The summed E-state index contributed by atoms with van der Waals surface area (Å²) in [4.78, 5) is 31.3. The summed E-state index contributed by atoms with van der Waals surface area (Å²) >= 11 is 6.36. The third kappa shape index (κ3) is 4.75. The fourth-order valence-electron chi connectivity index (χ4n) is 6.00. The number of aliphatic carboxylic acids is 1. The van der Waals surface area contributed by atoms with E-state index < -0.39 is 5.97 Å². The number of nitrogens with zero attached hydrogens (tertiary/aromatic N) is 3. The van der Waals surface area contributed by atoms with E-state index in [1.165, 1.54) is 7.11 Å². The first-order valence-electron chi connectivity index (χ1n) is 12.8. The number of halogens is 1. The minimum absolute atomic E-state index is 0.0209. The first-order valence-corrected chi connectivity index (χ1v) is 13.1. The number of benzene rings is 2. The zero-order valence-corrected chi connectivity index (χ0v) is 22.1. The van der Waals surface area contributed by atoms with Crippen molar-refractivity contribution in [1.29, 1.82) is 0 Å². The highest BCUT2D eigenvalue weighted by Crippen LogP contribution is 2.41. The van der Waals surface area contributed by atoms with E-state index in [2.05, 4.69) is 4.57 Å². The average molecular weight is 526 g/mol. The number of aromatic nitrogens is 2. The Morgan fingerprint density at radius 3 is 2.70 bits per heavy atom. The van der Waals surface area contributed by atoms with Crippen molar-refractivity contribution in [3.63, 3.8) is 0 Å². The van der Waals surface area contributed by atoms with E-state index >= 15 is 0 Å². The number of hydrogen-bond donors (Lipinski definition) is 1. The van der Waals surface area contributed by atoms with Crippen LogP contribution in [0.4, 0.5) is 10.5 Å². The predicted molar refractivity (Wildman–Crippen MR) is 142 cm³/mol. The van der Waals surface area contributed by atoms with Gasteiger partial charge in [-0.25, -0.2) is 9.78 Å². The Morgan fingerprint density at radius 1 is 1.16 bits per heavy atom. The molecule has 8 nitrogen and oxygen atoms in total. The summed E-state index contributed by atoms with van der Waals surface area (Å²) in [6.45, 7) is 2.02. The molecule has 5 rings (SSSR count). The van der Waals surface area contributed by atoms with E-state index in [-0.39, 0.29) is 24.1 Å². The number of rotatable bonds is 5. The Hall–Kier alpha value is -3.26. The molecule has 2 aliphatic rings. The van der Waals surface area contributed by atoms with E-state index in [9.17, 15) is 14.7 Å². The van der Waals surface area contributed by atoms with Crippen LogP contribution in [0.2, 0.25) is 5.02 Å². The number of anilines is 1. The van der Waals surface area contributed by atoms with Gasteiger partial charge in [0.1, 0.15) is 11.6 Å². The lowest BCUT2D eigenvalue weighted by Crippen LogP contribution is -2.42. The second-order valence-electron chi connectivity index (χ2n) is 10.1. The molecule has 37 heavy (non-hydrogen) atoms. The van der Waals surface area contributed by atoms with Gasteiger partial charge in [-0.05, 0) is 74.9 Å². The van der Waals surface area contributed by atoms with Crippen LogP contribution in [0.3, 0.4) is 0 Å². The fourth-order valence-corrected chi connectivity index (χ4v) is 6.25. The number of hydrogen-bond acceptors (Lipinski definition) is 5. The summed E-state index contributed by atoms with van der Waals surface area (Å²) in [5, 5.41) is 10.3. The first-order chi connectivity index (χ1) is 17.8. The summed E-state index contributed by atoms with van der Waals surface area (Å²) < 4.78 is 12.7. The number of carbonyl (C=O) groups excluding carboxylic acids is 1. The van der Waals surface area contributed by atoms with Crippen molar-refractivity contribution >= 4 is 40.4 Å². The van der Waals surface area contributed by atoms with Gasteiger partial charge in [-0.3, -0.25) is 9.69 Å². The van der Waals surface area contributed by atoms with Gasteiger partial charge in [0.05, 0.1) is 36.9 Å². The molecule has 0 spiro atoms. The molecule has 1 saturated carbocycles. The van der Waals surface area contributed by atoms with Crippen molar-refractivity contribution in [2.75, 3.05) is 19.1 Å². The molecule has 0 unspecified atom stereocenters. The lowest BCUT2D eigenvalue weighted by atomic mass is 9.85. The number of imidazole rings is 1. The van der Waals surface area contributed by atoms with Gasteiger partial charge in [0.2, 0.25) is 0 Å². The zero-order chi connectivity index (χ0) is 26.3. The van der Waals surface area contributed by atoms with Gasteiger partial charge >= 0.3 is 12.1 Å². The Labute approximate surface area is 221 Å². The van der Waals surface area contributed by atoms with Gasteiger partial charge in [0.15, 0.2) is 0 Å². The average Bonchev–Trinajstić information content (AvgIpc) is 3.25. The first kappa shape index (κ1) is 25.4. The smallest absolute Gasteiger partial charge is 0.414 e. The number of aryl methyl sites for hydroxylation is 1. The van der Waals surface area contributed by atoms with Gasteiger partial charge in [-0.2, -0.15) is 0 Å². The van der Waals surface area contributed by atoms with E-state index in [1.807, 2.05) is 31.2 Å². The zero-order valence-electron chi connectivity index (χ0n) is 21.4. The van der Waals surface area contributed by atoms with Crippen molar-refractivity contribution < 1.29 is 24.2 Å². The predicted octanol–water partition coefficient (Wildman–Crippen LogP) is 6.01. The standard InChI is InChI=1S/C28H32ClN3O5/c1-16-7-8-22-23(31(16)28(35)37-3)9-10-24-26(22)30-25(13-17-11-19(29)15-21(12-17)36-2)32(24)20-6-4-5-18(14-20)27(33)34/h9-12,15-16,18,20H,4-8,13-14H2,1-3H3,(H,33,34)/t16-,18+,20+/m0/s1. The van der Waals surface area contributed by atoms with Crippen LogP contribution in [0.15, 0.2) is 30.3 Å². The van der Waals surface area contributed by atoms with Crippen LogP contribution in [-0.2, 0) is 22.4 Å². The Morgan fingerprint density at radius 2 is 1.97 bits per heavy atom. The van der Waals surface area contributed by atoms with Crippen molar-refractivity contribution in [3.8, 4) is 5.75 Å². The van der Waals surface area contributed by atoms with Crippen LogP contribution < -0.4 is 9.64 Å². The molecule has 3 atom stereocenters. The molecule has 1 amide bonds. The van der Waals surface area contributed by atoms with Crippen molar-refractivity contribution in [2.45, 2.75) is 64.0 Å². The van der Waals surface area contributed by atoms with Crippen LogP contribution >= 0.6 is 11.6 Å². The van der Waals surface area contributed by atoms with Crippen LogP contribution in [0.1, 0.15) is 62.0 Å². The van der Waals surface area contributed by atoms with Gasteiger partial charge < -0.3 is 19.1 Å².